The van der Waals surface area contributed by atoms with E-state index in [1.165, 1.54) is 0 Å². The van der Waals surface area contributed by atoms with Gasteiger partial charge >= 0.3 is 0 Å². The fourth-order valence-electron chi connectivity index (χ4n) is 2.56. The fourth-order valence-corrected chi connectivity index (χ4v) is 2.88. The first-order valence-electron chi connectivity index (χ1n) is 6.39. The van der Waals surface area contributed by atoms with E-state index in [9.17, 15) is 4.79 Å². The molecule has 0 saturated heterocycles. The van der Waals surface area contributed by atoms with Gasteiger partial charge in [0.05, 0.1) is 10.6 Å². The van der Waals surface area contributed by atoms with Crippen molar-refractivity contribution in [1.29, 1.82) is 0 Å². The number of carbonyl (C=O) groups is 1. The summed E-state index contributed by atoms with van der Waals surface area (Å²) in [4.78, 5) is 12.2. The Balaban J connectivity index is 2.07. The number of nitrogens with one attached hydrogen (secondary N) is 1. The van der Waals surface area contributed by atoms with Gasteiger partial charge in [0.15, 0.2) is 0 Å². The maximum absolute atomic E-state index is 12.2. The van der Waals surface area contributed by atoms with E-state index in [4.69, 9.17) is 17.3 Å². The molecule has 0 radical (unpaired) electrons. The molecule has 1 fully saturated rings. The molecule has 3 nitrogen and oxygen atoms in total. The van der Waals surface area contributed by atoms with Gasteiger partial charge < -0.3 is 11.1 Å². The van der Waals surface area contributed by atoms with Gasteiger partial charge in [0.2, 0.25) is 0 Å². The summed E-state index contributed by atoms with van der Waals surface area (Å²) < 4.78 is 0. The van der Waals surface area contributed by atoms with E-state index in [0.717, 1.165) is 24.8 Å². The van der Waals surface area contributed by atoms with Crippen LogP contribution in [0.15, 0.2) is 18.2 Å². The lowest BCUT2D eigenvalue weighted by Crippen LogP contribution is -2.39. The van der Waals surface area contributed by atoms with Crippen LogP contribution in [0.1, 0.15) is 35.2 Å². The van der Waals surface area contributed by atoms with Gasteiger partial charge in [-0.1, -0.05) is 24.1 Å². The summed E-state index contributed by atoms with van der Waals surface area (Å²) in [7, 11) is 0. The van der Waals surface area contributed by atoms with Crippen molar-refractivity contribution in [2.24, 2.45) is 11.7 Å². The molecule has 98 valence electrons. The highest BCUT2D eigenvalue weighted by atomic mass is 35.5. The summed E-state index contributed by atoms with van der Waals surface area (Å²) in [6.45, 7) is 2.58. The minimum Gasteiger partial charge on any atom is -0.349 e. The fraction of sp³-hybridized carbons (Fsp3) is 0.500. The summed E-state index contributed by atoms with van der Waals surface area (Å²) in [5.74, 6) is 0.309. The van der Waals surface area contributed by atoms with Crippen LogP contribution >= 0.6 is 11.6 Å². The standard InChI is InChI=1S/C14H19ClN2O/c1-9-5-6-11(12(15)7-9)14(18)17-13-4-2-3-10(13)8-16/h5-7,10,13H,2-4,8,16H2,1H3,(H,17,18). The van der Waals surface area contributed by atoms with Gasteiger partial charge in [-0.15, -0.1) is 0 Å². The lowest BCUT2D eigenvalue weighted by molar-refractivity contribution is 0.0929. The molecule has 2 unspecified atom stereocenters. The quantitative estimate of drug-likeness (QED) is 0.883. The van der Waals surface area contributed by atoms with Crippen molar-refractivity contribution in [3.63, 3.8) is 0 Å². The number of halogens is 1. The molecule has 4 heteroatoms. The van der Waals surface area contributed by atoms with Crippen molar-refractivity contribution in [2.45, 2.75) is 32.2 Å². The highest BCUT2D eigenvalue weighted by Crippen LogP contribution is 2.25. The van der Waals surface area contributed by atoms with Gasteiger partial charge in [0.1, 0.15) is 0 Å². The topological polar surface area (TPSA) is 55.1 Å². The predicted molar refractivity (Wildman–Crippen MR) is 73.8 cm³/mol. The summed E-state index contributed by atoms with van der Waals surface area (Å²) in [6.07, 6.45) is 3.24. The normalized spacial score (nSPS) is 23.1. The monoisotopic (exact) mass is 266 g/mol. The van der Waals surface area contributed by atoms with Crippen molar-refractivity contribution in [2.75, 3.05) is 6.54 Å². The zero-order valence-electron chi connectivity index (χ0n) is 10.6. The maximum Gasteiger partial charge on any atom is 0.253 e. The van der Waals surface area contributed by atoms with Crippen LogP contribution in [0.25, 0.3) is 0 Å². The van der Waals surface area contributed by atoms with E-state index in [2.05, 4.69) is 5.32 Å². The van der Waals surface area contributed by atoms with Crippen molar-refractivity contribution < 1.29 is 4.79 Å². The van der Waals surface area contributed by atoms with Crippen LogP contribution in [0.4, 0.5) is 0 Å². The van der Waals surface area contributed by atoms with Crippen LogP contribution in [0, 0.1) is 12.8 Å². The van der Waals surface area contributed by atoms with Crippen molar-refractivity contribution in [3.8, 4) is 0 Å². The molecule has 1 aromatic carbocycles. The second-order valence-corrected chi connectivity index (χ2v) is 5.40. The Hall–Kier alpha value is -1.06. The molecule has 1 amide bonds. The molecule has 0 heterocycles. The van der Waals surface area contributed by atoms with Crippen LogP contribution in [0.2, 0.25) is 5.02 Å². The summed E-state index contributed by atoms with van der Waals surface area (Å²) in [5, 5.41) is 3.56. The first kappa shape index (κ1) is 13.4. The van der Waals surface area contributed by atoms with Crippen molar-refractivity contribution >= 4 is 17.5 Å². The number of rotatable bonds is 3. The van der Waals surface area contributed by atoms with Crippen molar-refractivity contribution in [1.82, 2.24) is 5.32 Å². The van der Waals surface area contributed by atoms with Gasteiger partial charge in [0, 0.05) is 6.04 Å². The SMILES string of the molecule is Cc1ccc(C(=O)NC2CCCC2CN)c(Cl)c1. The molecule has 1 saturated carbocycles. The Morgan fingerprint density at radius 2 is 2.28 bits per heavy atom. The van der Waals surface area contributed by atoms with Gasteiger partial charge in [-0.3, -0.25) is 4.79 Å². The minimum absolute atomic E-state index is 0.0923. The largest absolute Gasteiger partial charge is 0.349 e. The molecule has 0 spiro atoms. The molecule has 0 bridgehead atoms. The van der Waals surface area contributed by atoms with E-state index in [-0.39, 0.29) is 11.9 Å². The summed E-state index contributed by atoms with van der Waals surface area (Å²) in [5.41, 5.74) is 7.31. The van der Waals surface area contributed by atoms with E-state index >= 15 is 0 Å². The number of nitrogens with two attached hydrogens (primary N) is 1. The molecule has 2 atom stereocenters. The molecule has 1 aliphatic carbocycles. The zero-order chi connectivity index (χ0) is 13.1. The number of amides is 1. The molecule has 3 N–H and O–H groups in total. The Labute approximate surface area is 113 Å². The third-order valence-electron chi connectivity index (χ3n) is 3.65. The summed E-state index contributed by atoms with van der Waals surface area (Å²) in [6, 6.07) is 5.68. The smallest absolute Gasteiger partial charge is 0.253 e. The Bertz CT molecular complexity index is 447. The highest BCUT2D eigenvalue weighted by molar-refractivity contribution is 6.33. The molecule has 0 aliphatic heterocycles. The minimum atomic E-state index is -0.0923. The number of carbonyl (C=O) groups excluding carboxylic acids is 1. The van der Waals surface area contributed by atoms with Crippen LogP contribution < -0.4 is 11.1 Å². The molecular weight excluding hydrogens is 248 g/mol. The van der Waals surface area contributed by atoms with E-state index in [1.54, 1.807) is 6.07 Å². The number of hydrogen-bond donors (Lipinski definition) is 2. The molecule has 18 heavy (non-hydrogen) atoms. The Kier molecular flexibility index (Phi) is 4.25. The van der Waals surface area contributed by atoms with Gasteiger partial charge in [0.25, 0.3) is 5.91 Å². The van der Waals surface area contributed by atoms with Gasteiger partial charge in [-0.2, -0.15) is 0 Å². The van der Waals surface area contributed by atoms with E-state index in [1.807, 2.05) is 19.1 Å². The molecule has 2 rings (SSSR count). The molecular formula is C14H19ClN2O. The number of aryl methyl sites for hydroxylation is 1. The predicted octanol–water partition coefficient (Wildman–Crippen LogP) is 2.51. The van der Waals surface area contributed by atoms with Crippen LogP contribution in [-0.4, -0.2) is 18.5 Å². The third-order valence-corrected chi connectivity index (χ3v) is 3.96. The lowest BCUT2D eigenvalue weighted by atomic mass is 10.0. The molecule has 1 aliphatic rings. The lowest BCUT2D eigenvalue weighted by Gasteiger charge is -2.19. The third kappa shape index (κ3) is 2.85. The van der Waals surface area contributed by atoms with Crippen LogP contribution in [0.3, 0.4) is 0 Å². The van der Waals surface area contributed by atoms with E-state index < -0.39 is 0 Å². The zero-order valence-corrected chi connectivity index (χ0v) is 11.3. The number of hydrogen-bond acceptors (Lipinski definition) is 2. The summed E-state index contributed by atoms with van der Waals surface area (Å²) >= 11 is 6.09. The van der Waals surface area contributed by atoms with Gasteiger partial charge in [-0.25, -0.2) is 0 Å². The first-order valence-corrected chi connectivity index (χ1v) is 6.76. The Morgan fingerprint density at radius 3 is 2.94 bits per heavy atom. The van der Waals surface area contributed by atoms with E-state index in [0.29, 0.717) is 23.0 Å². The van der Waals surface area contributed by atoms with Gasteiger partial charge in [-0.05, 0) is 49.9 Å². The van der Waals surface area contributed by atoms with Crippen LogP contribution in [-0.2, 0) is 0 Å². The van der Waals surface area contributed by atoms with Crippen LogP contribution in [0.5, 0.6) is 0 Å². The second kappa shape index (κ2) is 5.72. The average molecular weight is 267 g/mol. The molecule has 0 aromatic heterocycles. The Morgan fingerprint density at radius 1 is 1.50 bits per heavy atom. The second-order valence-electron chi connectivity index (χ2n) is 4.99. The van der Waals surface area contributed by atoms with Crippen molar-refractivity contribution in [3.05, 3.63) is 34.3 Å². The maximum atomic E-state index is 12.2. The molecule has 1 aromatic rings. The highest BCUT2D eigenvalue weighted by Gasteiger charge is 2.27. The average Bonchev–Trinajstić information content (AvgIpc) is 2.76. The first-order chi connectivity index (χ1) is 8.61. The number of benzene rings is 1.